The third kappa shape index (κ3) is 13.8. The van der Waals surface area contributed by atoms with Gasteiger partial charge in [-0.1, -0.05) is 0 Å². The van der Waals surface area contributed by atoms with Gasteiger partial charge in [-0.15, -0.1) is 0 Å². The predicted molar refractivity (Wildman–Crippen MR) is 106 cm³/mol. The Hall–Kier alpha value is -0.400. The minimum atomic E-state index is -0.296. The summed E-state index contributed by atoms with van der Waals surface area (Å²) in [4.78, 5) is 0. The molecule has 0 saturated carbocycles. The highest BCUT2D eigenvalue weighted by Crippen LogP contribution is 2.08. The first-order chi connectivity index (χ1) is 15.0. The first-order valence-electron chi connectivity index (χ1n) is 10.8. The van der Waals surface area contributed by atoms with Crippen LogP contribution < -0.4 is 0 Å². The molecule has 0 bridgehead atoms. The van der Waals surface area contributed by atoms with Gasteiger partial charge in [0.2, 0.25) is 0 Å². The van der Waals surface area contributed by atoms with Crippen LogP contribution in [0, 0.1) is 0 Å². The average molecular weight is 439 g/mol. The SMILES string of the molecule is C1COCCOCC(C2COCCOCCOCCOCCO2)OCCOCCO1. The van der Waals surface area contributed by atoms with Crippen molar-refractivity contribution in [1.82, 2.24) is 0 Å². The van der Waals surface area contributed by atoms with Crippen molar-refractivity contribution < 1.29 is 47.4 Å². The van der Waals surface area contributed by atoms with E-state index in [9.17, 15) is 0 Å². The molecule has 0 aromatic carbocycles. The number of hydrogen-bond donors (Lipinski definition) is 0. The molecule has 2 aliphatic heterocycles. The maximum absolute atomic E-state index is 6.02. The molecule has 0 radical (unpaired) electrons. The zero-order valence-corrected chi connectivity index (χ0v) is 18.0. The molecule has 2 unspecified atom stereocenters. The summed E-state index contributed by atoms with van der Waals surface area (Å²) in [6, 6.07) is 0. The summed E-state index contributed by atoms with van der Waals surface area (Å²) in [6.07, 6.45) is -0.593. The quantitative estimate of drug-likeness (QED) is 0.553. The fourth-order valence-electron chi connectivity index (χ4n) is 2.76. The highest BCUT2D eigenvalue weighted by atomic mass is 16.6. The van der Waals surface area contributed by atoms with Crippen LogP contribution in [0.2, 0.25) is 0 Å². The van der Waals surface area contributed by atoms with E-state index < -0.39 is 0 Å². The summed E-state index contributed by atoms with van der Waals surface area (Å²) in [5.41, 5.74) is 0. The Morgan fingerprint density at radius 1 is 0.267 bits per heavy atom. The van der Waals surface area contributed by atoms with Crippen molar-refractivity contribution in [3.05, 3.63) is 0 Å². The van der Waals surface area contributed by atoms with Gasteiger partial charge in [0, 0.05) is 0 Å². The summed E-state index contributed by atoms with van der Waals surface area (Å²) < 4.78 is 56.5. The van der Waals surface area contributed by atoms with E-state index in [1.54, 1.807) is 0 Å². The predicted octanol–water partition coefficient (Wildman–Crippen LogP) is -0.0832. The molecule has 0 aromatic heterocycles. The smallest absolute Gasteiger partial charge is 0.109 e. The summed E-state index contributed by atoms with van der Waals surface area (Å²) in [5, 5.41) is 0. The molecule has 10 heteroatoms. The van der Waals surface area contributed by atoms with Gasteiger partial charge in [0.15, 0.2) is 0 Å². The van der Waals surface area contributed by atoms with Crippen LogP contribution in [0.1, 0.15) is 0 Å². The Balaban J connectivity index is 1.83. The van der Waals surface area contributed by atoms with E-state index >= 15 is 0 Å². The van der Waals surface area contributed by atoms with E-state index in [-0.39, 0.29) is 12.2 Å². The van der Waals surface area contributed by atoms with Crippen LogP contribution in [0.15, 0.2) is 0 Å². The molecule has 0 aromatic rings. The van der Waals surface area contributed by atoms with Crippen molar-refractivity contribution in [3.8, 4) is 0 Å². The summed E-state index contributed by atoms with van der Waals surface area (Å²) in [6.45, 7) is 8.80. The van der Waals surface area contributed by atoms with E-state index in [2.05, 4.69) is 0 Å². The second-order valence-electron chi connectivity index (χ2n) is 6.64. The third-order valence-electron chi connectivity index (χ3n) is 4.33. The summed E-state index contributed by atoms with van der Waals surface area (Å²) in [5.74, 6) is 0. The van der Waals surface area contributed by atoms with Gasteiger partial charge in [-0.3, -0.25) is 0 Å². The number of hydrogen-bond acceptors (Lipinski definition) is 10. The minimum absolute atomic E-state index is 0.296. The highest BCUT2D eigenvalue weighted by molar-refractivity contribution is 4.71. The number of rotatable bonds is 1. The van der Waals surface area contributed by atoms with Crippen LogP contribution in [0.3, 0.4) is 0 Å². The van der Waals surface area contributed by atoms with Crippen LogP contribution in [0.25, 0.3) is 0 Å². The van der Waals surface area contributed by atoms with E-state index in [0.29, 0.717) is 119 Å². The molecule has 30 heavy (non-hydrogen) atoms. The largest absolute Gasteiger partial charge is 0.377 e. The number of ether oxygens (including phenoxy) is 10. The van der Waals surface area contributed by atoms with Crippen molar-refractivity contribution >= 4 is 0 Å². The minimum Gasteiger partial charge on any atom is -0.377 e. The van der Waals surface area contributed by atoms with E-state index in [4.69, 9.17) is 47.4 Å². The maximum atomic E-state index is 6.02. The first kappa shape index (κ1) is 25.9. The van der Waals surface area contributed by atoms with Crippen molar-refractivity contribution in [3.63, 3.8) is 0 Å². The van der Waals surface area contributed by atoms with Crippen molar-refractivity contribution in [2.45, 2.75) is 12.2 Å². The van der Waals surface area contributed by atoms with Gasteiger partial charge in [0.05, 0.1) is 119 Å². The molecule has 0 amide bonds. The lowest BCUT2D eigenvalue weighted by Gasteiger charge is -2.27. The zero-order valence-electron chi connectivity index (χ0n) is 18.0. The van der Waals surface area contributed by atoms with Crippen molar-refractivity contribution in [2.75, 3.05) is 119 Å². The molecule has 2 saturated heterocycles. The highest BCUT2D eigenvalue weighted by Gasteiger charge is 2.24. The molecule has 0 N–H and O–H groups in total. The van der Waals surface area contributed by atoms with Gasteiger partial charge in [-0.25, -0.2) is 0 Å². The summed E-state index contributed by atoms with van der Waals surface area (Å²) >= 11 is 0. The Morgan fingerprint density at radius 2 is 0.500 bits per heavy atom. The molecule has 0 spiro atoms. The second-order valence-corrected chi connectivity index (χ2v) is 6.64. The third-order valence-corrected chi connectivity index (χ3v) is 4.33. The Kier molecular flexibility index (Phi) is 16.6. The standard InChI is InChI=1S/C20H38O10/c1-3-23-9-11-27-17-19(29-15-13-25-7-5-21-1)20-18-28-12-10-24-4-2-22-6-8-26-14-16-30-20/h19-20H,1-18H2. The van der Waals surface area contributed by atoms with Crippen LogP contribution in [-0.4, -0.2) is 131 Å². The van der Waals surface area contributed by atoms with Gasteiger partial charge in [-0.05, 0) is 0 Å². The Morgan fingerprint density at radius 3 is 0.800 bits per heavy atom. The molecule has 2 heterocycles. The second kappa shape index (κ2) is 19.3. The lowest BCUT2D eigenvalue weighted by molar-refractivity contribution is -0.141. The molecular formula is C20H38O10. The normalized spacial score (nSPS) is 29.6. The average Bonchev–Trinajstić information content (AvgIpc) is 2.77. The van der Waals surface area contributed by atoms with Gasteiger partial charge in [0.25, 0.3) is 0 Å². The topological polar surface area (TPSA) is 92.3 Å². The van der Waals surface area contributed by atoms with Crippen molar-refractivity contribution in [1.29, 1.82) is 0 Å². The van der Waals surface area contributed by atoms with Gasteiger partial charge < -0.3 is 47.4 Å². The molecule has 2 aliphatic rings. The van der Waals surface area contributed by atoms with Gasteiger partial charge >= 0.3 is 0 Å². The fourth-order valence-corrected chi connectivity index (χ4v) is 2.76. The van der Waals surface area contributed by atoms with Crippen molar-refractivity contribution in [2.24, 2.45) is 0 Å². The van der Waals surface area contributed by atoms with Crippen LogP contribution >= 0.6 is 0 Å². The molecular weight excluding hydrogens is 400 g/mol. The molecule has 178 valence electrons. The van der Waals surface area contributed by atoms with E-state index in [1.165, 1.54) is 0 Å². The Bertz CT molecular complexity index is 307. The molecule has 10 nitrogen and oxygen atoms in total. The lowest BCUT2D eigenvalue weighted by Crippen LogP contribution is -2.41. The molecule has 2 fully saturated rings. The zero-order chi connectivity index (χ0) is 21.0. The van der Waals surface area contributed by atoms with Gasteiger partial charge in [-0.2, -0.15) is 0 Å². The molecule has 0 aliphatic carbocycles. The molecule has 2 atom stereocenters. The van der Waals surface area contributed by atoms with Crippen LogP contribution in [-0.2, 0) is 47.4 Å². The van der Waals surface area contributed by atoms with Crippen LogP contribution in [0.5, 0.6) is 0 Å². The first-order valence-corrected chi connectivity index (χ1v) is 10.8. The van der Waals surface area contributed by atoms with Crippen LogP contribution in [0.4, 0.5) is 0 Å². The monoisotopic (exact) mass is 438 g/mol. The van der Waals surface area contributed by atoms with E-state index in [1.807, 2.05) is 0 Å². The Labute approximate surface area is 179 Å². The fraction of sp³-hybridized carbons (Fsp3) is 1.00. The molecule has 2 rings (SSSR count). The van der Waals surface area contributed by atoms with E-state index in [0.717, 1.165) is 0 Å². The van der Waals surface area contributed by atoms with Gasteiger partial charge in [0.1, 0.15) is 12.2 Å². The maximum Gasteiger partial charge on any atom is 0.109 e. The lowest BCUT2D eigenvalue weighted by atomic mass is 10.2. The summed E-state index contributed by atoms with van der Waals surface area (Å²) in [7, 11) is 0.